The minimum atomic E-state index is 0.151. The van der Waals surface area contributed by atoms with Gasteiger partial charge in [-0.05, 0) is 36.4 Å². The van der Waals surface area contributed by atoms with E-state index < -0.39 is 0 Å². The van der Waals surface area contributed by atoms with Gasteiger partial charge in [0.05, 0.1) is 12.1 Å². The number of fused-ring (bicyclic) bond motifs is 1. The second kappa shape index (κ2) is 7.27. The maximum Gasteiger partial charge on any atom is 0.163 e. The number of benzene rings is 2. The molecule has 0 N–H and O–H groups in total. The number of aromatic nitrogens is 3. The first kappa shape index (κ1) is 16.7. The molecule has 0 bridgehead atoms. The molecule has 5 heteroatoms. The molecule has 1 aliphatic rings. The summed E-state index contributed by atoms with van der Waals surface area (Å²) in [6.07, 6.45) is 4.68. The lowest BCUT2D eigenvalue weighted by Crippen LogP contribution is -2.25. The maximum absolute atomic E-state index is 6.16. The van der Waals surface area contributed by atoms with E-state index in [1.165, 1.54) is 0 Å². The Kier molecular flexibility index (Phi) is 4.33. The summed E-state index contributed by atoms with van der Waals surface area (Å²) in [5.41, 5.74) is 1.87. The molecule has 1 aliphatic heterocycles. The van der Waals surface area contributed by atoms with E-state index in [-0.39, 0.29) is 6.10 Å². The highest BCUT2D eigenvalue weighted by Gasteiger charge is 2.27. The van der Waals surface area contributed by atoms with Gasteiger partial charge in [-0.25, -0.2) is 9.97 Å². The number of ether oxygens (including phenoxy) is 1. The minimum absolute atomic E-state index is 0.151. The van der Waals surface area contributed by atoms with Crippen LogP contribution in [0.15, 0.2) is 79.1 Å². The zero-order chi connectivity index (χ0) is 18.8. The first-order chi connectivity index (χ1) is 13.9. The molecule has 28 heavy (non-hydrogen) atoms. The van der Waals surface area contributed by atoms with Crippen molar-refractivity contribution in [3.05, 3.63) is 79.1 Å². The summed E-state index contributed by atoms with van der Waals surface area (Å²) in [5, 5.41) is 1.07. The van der Waals surface area contributed by atoms with Gasteiger partial charge in [-0.1, -0.05) is 30.3 Å². The van der Waals surface area contributed by atoms with E-state index in [2.05, 4.69) is 16.0 Å². The van der Waals surface area contributed by atoms with Crippen LogP contribution in [0.3, 0.4) is 0 Å². The van der Waals surface area contributed by atoms with E-state index in [1.54, 1.807) is 12.4 Å². The Balaban J connectivity index is 1.48. The van der Waals surface area contributed by atoms with E-state index in [0.717, 1.165) is 47.5 Å². The highest BCUT2D eigenvalue weighted by atomic mass is 16.5. The van der Waals surface area contributed by atoms with Gasteiger partial charge >= 0.3 is 0 Å². The SMILES string of the molecule is c1ccc(OC2CCN(c3nc(-c4cccnc4)nc4ccccc34)C2)cc1. The third-order valence-electron chi connectivity index (χ3n) is 4.99. The van der Waals surface area contributed by atoms with E-state index in [1.807, 2.05) is 60.7 Å². The molecule has 2 aromatic heterocycles. The lowest BCUT2D eigenvalue weighted by molar-refractivity contribution is 0.225. The van der Waals surface area contributed by atoms with Crippen LogP contribution in [0.5, 0.6) is 5.75 Å². The lowest BCUT2D eigenvalue weighted by Gasteiger charge is -2.20. The molecule has 1 unspecified atom stereocenters. The molecule has 0 radical (unpaired) electrons. The predicted octanol–water partition coefficient (Wildman–Crippen LogP) is 4.35. The maximum atomic E-state index is 6.16. The standard InChI is InChI=1S/C23H20N4O/c1-2-8-18(9-3-1)28-19-12-14-27(16-19)23-20-10-4-5-11-21(20)25-22(26-23)17-7-6-13-24-15-17/h1-11,13,15,19H,12,14,16H2. The van der Waals surface area contributed by atoms with Crippen molar-refractivity contribution in [1.82, 2.24) is 15.0 Å². The summed E-state index contributed by atoms with van der Waals surface area (Å²) in [6, 6.07) is 22.1. The van der Waals surface area contributed by atoms with Gasteiger partial charge < -0.3 is 9.64 Å². The Bertz CT molecular complexity index is 1090. The fourth-order valence-electron chi connectivity index (χ4n) is 3.63. The number of para-hydroxylation sites is 2. The Morgan fingerprint density at radius 2 is 1.75 bits per heavy atom. The third-order valence-corrected chi connectivity index (χ3v) is 4.99. The van der Waals surface area contributed by atoms with Crippen molar-refractivity contribution in [2.24, 2.45) is 0 Å². The van der Waals surface area contributed by atoms with Gasteiger partial charge in [-0.3, -0.25) is 4.98 Å². The molecule has 1 atom stereocenters. The summed E-state index contributed by atoms with van der Waals surface area (Å²) in [5.74, 6) is 2.58. The summed E-state index contributed by atoms with van der Waals surface area (Å²) < 4.78 is 6.16. The lowest BCUT2D eigenvalue weighted by atomic mass is 10.2. The Labute approximate surface area is 163 Å². The zero-order valence-electron chi connectivity index (χ0n) is 15.4. The topological polar surface area (TPSA) is 51.1 Å². The molecule has 5 nitrogen and oxygen atoms in total. The largest absolute Gasteiger partial charge is 0.489 e. The van der Waals surface area contributed by atoms with Crippen LogP contribution in [0.4, 0.5) is 5.82 Å². The van der Waals surface area contributed by atoms with Crippen molar-refractivity contribution in [2.75, 3.05) is 18.0 Å². The number of anilines is 1. The molecule has 5 rings (SSSR count). The van der Waals surface area contributed by atoms with Crippen LogP contribution < -0.4 is 9.64 Å². The van der Waals surface area contributed by atoms with Gasteiger partial charge in [0.1, 0.15) is 17.7 Å². The van der Waals surface area contributed by atoms with Gasteiger partial charge in [0.15, 0.2) is 5.82 Å². The molecular weight excluding hydrogens is 348 g/mol. The van der Waals surface area contributed by atoms with Gasteiger partial charge in [-0.2, -0.15) is 0 Å². The van der Waals surface area contributed by atoms with Crippen LogP contribution in [0.25, 0.3) is 22.3 Å². The molecule has 4 aromatic rings. The Morgan fingerprint density at radius 3 is 2.61 bits per heavy atom. The van der Waals surface area contributed by atoms with Crippen molar-refractivity contribution in [2.45, 2.75) is 12.5 Å². The van der Waals surface area contributed by atoms with Crippen LogP contribution in [-0.2, 0) is 0 Å². The summed E-state index contributed by atoms with van der Waals surface area (Å²) in [7, 11) is 0. The first-order valence-electron chi connectivity index (χ1n) is 9.51. The van der Waals surface area contributed by atoms with Crippen molar-refractivity contribution < 1.29 is 4.74 Å². The average Bonchev–Trinajstić information content (AvgIpc) is 3.22. The molecule has 0 spiro atoms. The molecule has 3 heterocycles. The van der Waals surface area contributed by atoms with Gasteiger partial charge in [0.25, 0.3) is 0 Å². The molecule has 0 aliphatic carbocycles. The fraction of sp³-hybridized carbons (Fsp3) is 0.174. The van der Waals surface area contributed by atoms with Crippen LogP contribution in [-0.4, -0.2) is 34.1 Å². The number of nitrogens with zero attached hydrogens (tertiary/aromatic N) is 4. The van der Waals surface area contributed by atoms with Crippen molar-refractivity contribution in [3.8, 4) is 17.1 Å². The van der Waals surface area contributed by atoms with E-state index in [9.17, 15) is 0 Å². The molecule has 1 saturated heterocycles. The van der Waals surface area contributed by atoms with E-state index >= 15 is 0 Å². The second-order valence-electron chi connectivity index (χ2n) is 6.92. The molecule has 138 valence electrons. The van der Waals surface area contributed by atoms with E-state index in [4.69, 9.17) is 14.7 Å². The minimum Gasteiger partial charge on any atom is -0.489 e. The smallest absolute Gasteiger partial charge is 0.163 e. The van der Waals surface area contributed by atoms with Gasteiger partial charge in [-0.15, -0.1) is 0 Å². The average molecular weight is 368 g/mol. The molecule has 0 amide bonds. The monoisotopic (exact) mass is 368 g/mol. The fourth-order valence-corrected chi connectivity index (χ4v) is 3.63. The molecule has 1 fully saturated rings. The molecular formula is C23H20N4O. The molecule has 0 saturated carbocycles. The normalized spacial score (nSPS) is 16.4. The zero-order valence-corrected chi connectivity index (χ0v) is 15.4. The summed E-state index contributed by atoms with van der Waals surface area (Å²) in [4.78, 5) is 16.2. The highest BCUT2D eigenvalue weighted by molar-refractivity contribution is 5.91. The van der Waals surface area contributed by atoms with Gasteiger partial charge in [0, 0.05) is 36.3 Å². The second-order valence-corrected chi connectivity index (χ2v) is 6.92. The first-order valence-corrected chi connectivity index (χ1v) is 9.51. The number of pyridine rings is 1. The summed E-state index contributed by atoms with van der Waals surface area (Å²) in [6.45, 7) is 1.72. The number of rotatable bonds is 4. The highest BCUT2D eigenvalue weighted by Crippen LogP contribution is 2.30. The van der Waals surface area contributed by atoms with Crippen LogP contribution >= 0.6 is 0 Å². The van der Waals surface area contributed by atoms with E-state index in [0.29, 0.717) is 5.82 Å². The van der Waals surface area contributed by atoms with Crippen LogP contribution in [0.2, 0.25) is 0 Å². The van der Waals surface area contributed by atoms with Crippen LogP contribution in [0, 0.1) is 0 Å². The molecule has 2 aromatic carbocycles. The predicted molar refractivity (Wildman–Crippen MR) is 110 cm³/mol. The Hall–Kier alpha value is -3.47. The van der Waals surface area contributed by atoms with Crippen molar-refractivity contribution >= 4 is 16.7 Å². The number of hydrogen-bond donors (Lipinski definition) is 0. The number of hydrogen-bond acceptors (Lipinski definition) is 5. The van der Waals surface area contributed by atoms with Crippen LogP contribution in [0.1, 0.15) is 6.42 Å². The van der Waals surface area contributed by atoms with Crippen molar-refractivity contribution in [1.29, 1.82) is 0 Å². The van der Waals surface area contributed by atoms with Gasteiger partial charge in [0.2, 0.25) is 0 Å². The summed E-state index contributed by atoms with van der Waals surface area (Å²) >= 11 is 0. The quantitative estimate of drug-likeness (QED) is 0.536. The van der Waals surface area contributed by atoms with Crippen molar-refractivity contribution in [3.63, 3.8) is 0 Å². The Morgan fingerprint density at radius 1 is 0.893 bits per heavy atom. The third kappa shape index (κ3) is 3.27.